The largest absolute Gasteiger partial charge is 0.355 e. The predicted molar refractivity (Wildman–Crippen MR) is 84.2 cm³/mol. The van der Waals surface area contributed by atoms with Crippen molar-refractivity contribution in [1.82, 2.24) is 4.98 Å². The zero-order valence-electron chi connectivity index (χ0n) is 11.1. The van der Waals surface area contributed by atoms with Crippen LogP contribution in [0.4, 0.5) is 5.82 Å². The van der Waals surface area contributed by atoms with Gasteiger partial charge in [-0.25, -0.2) is 18.5 Å². The zero-order chi connectivity index (χ0) is 15.6. The van der Waals surface area contributed by atoms with Crippen LogP contribution in [0, 0.1) is 0 Å². The number of hydrogen-bond donors (Lipinski definition) is 1. The molecule has 0 unspecified atom stereocenters. The first kappa shape index (κ1) is 16.0. The molecule has 0 radical (unpaired) electrons. The molecule has 2 rings (SSSR count). The van der Waals surface area contributed by atoms with Crippen LogP contribution in [0.25, 0.3) is 0 Å². The Hall–Kier alpha value is -1.34. The molecule has 1 heterocycles. The van der Waals surface area contributed by atoms with Crippen LogP contribution in [-0.2, 0) is 16.6 Å². The highest BCUT2D eigenvalue weighted by atomic mass is 35.5. The second-order valence-electron chi connectivity index (χ2n) is 4.49. The first-order valence-electron chi connectivity index (χ1n) is 5.91. The number of nitrogens with zero attached hydrogens (tertiary/aromatic N) is 2. The van der Waals surface area contributed by atoms with Gasteiger partial charge >= 0.3 is 0 Å². The van der Waals surface area contributed by atoms with Crippen molar-refractivity contribution in [2.75, 3.05) is 11.9 Å². The molecule has 5 nitrogen and oxygen atoms in total. The van der Waals surface area contributed by atoms with E-state index in [0.29, 0.717) is 22.4 Å². The lowest BCUT2D eigenvalue weighted by Crippen LogP contribution is -2.18. The van der Waals surface area contributed by atoms with Gasteiger partial charge in [0.1, 0.15) is 10.7 Å². The maximum absolute atomic E-state index is 11.2. The van der Waals surface area contributed by atoms with Gasteiger partial charge in [-0.2, -0.15) is 0 Å². The van der Waals surface area contributed by atoms with Crippen LogP contribution >= 0.6 is 23.2 Å². The molecule has 0 aliphatic rings. The number of pyridine rings is 1. The zero-order valence-corrected chi connectivity index (χ0v) is 13.5. The minimum Gasteiger partial charge on any atom is -0.355 e. The standard InChI is InChI=1S/C13H13Cl2N3O2S/c1-18(8-9-2-3-10(14)6-12(9)15)13-5-4-11(7-17-13)21(16,19)20/h2-7H,8H2,1H3,(H2,16,19,20). The van der Waals surface area contributed by atoms with E-state index in [2.05, 4.69) is 4.98 Å². The number of nitrogens with two attached hydrogens (primary N) is 1. The molecule has 0 aliphatic heterocycles. The molecule has 0 spiro atoms. The van der Waals surface area contributed by atoms with Gasteiger partial charge in [-0.05, 0) is 29.8 Å². The molecular formula is C13H13Cl2N3O2S. The molecule has 1 aromatic carbocycles. The van der Waals surface area contributed by atoms with E-state index in [1.165, 1.54) is 12.3 Å². The molecule has 8 heteroatoms. The van der Waals surface area contributed by atoms with E-state index < -0.39 is 10.0 Å². The molecule has 0 atom stereocenters. The maximum Gasteiger partial charge on any atom is 0.239 e. The fourth-order valence-corrected chi connectivity index (χ4v) is 2.68. The maximum atomic E-state index is 11.2. The van der Waals surface area contributed by atoms with Crippen LogP contribution in [0.3, 0.4) is 0 Å². The van der Waals surface area contributed by atoms with Crippen molar-refractivity contribution in [2.45, 2.75) is 11.4 Å². The molecule has 0 bridgehead atoms. The molecule has 2 aromatic rings. The van der Waals surface area contributed by atoms with Crippen molar-refractivity contribution in [1.29, 1.82) is 0 Å². The highest BCUT2D eigenvalue weighted by Crippen LogP contribution is 2.23. The van der Waals surface area contributed by atoms with Crippen LogP contribution < -0.4 is 10.0 Å². The summed E-state index contributed by atoms with van der Waals surface area (Å²) in [6, 6.07) is 8.26. The third kappa shape index (κ3) is 4.07. The molecule has 21 heavy (non-hydrogen) atoms. The number of hydrogen-bond acceptors (Lipinski definition) is 4. The Morgan fingerprint density at radius 2 is 1.95 bits per heavy atom. The number of aromatic nitrogens is 1. The molecule has 112 valence electrons. The van der Waals surface area contributed by atoms with E-state index in [4.69, 9.17) is 28.3 Å². The summed E-state index contributed by atoms with van der Waals surface area (Å²) < 4.78 is 22.4. The second-order valence-corrected chi connectivity index (χ2v) is 6.89. The molecule has 0 fully saturated rings. The Morgan fingerprint density at radius 3 is 2.48 bits per heavy atom. The third-order valence-corrected chi connectivity index (χ3v) is 4.35. The van der Waals surface area contributed by atoms with E-state index in [1.54, 1.807) is 18.2 Å². The summed E-state index contributed by atoms with van der Waals surface area (Å²) >= 11 is 12.0. The minimum atomic E-state index is -3.73. The van der Waals surface area contributed by atoms with Crippen molar-refractivity contribution in [2.24, 2.45) is 5.14 Å². The smallest absolute Gasteiger partial charge is 0.239 e. The van der Waals surface area contributed by atoms with Gasteiger partial charge in [0.05, 0.1) is 0 Å². The number of anilines is 1. The average molecular weight is 346 g/mol. The third-order valence-electron chi connectivity index (χ3n) is 2.86. The van der Waals surface area contributed by atoms with Crippen molar-refractivity contribution in [3.8, 4) is 0 Å². The fraction of sp³-hybridized carbons (Fsp3) is 0.154. The SMILES string of the molecule is CN(Cc1ccc(Cl)cc1Cl)c1ccc(S(N)(=O)=O)cn1. The summed E-state index contributed by atoms with van der Waals surface area (Å²) in [7, 11) is -1.91. The monoisotopic (exact) mass is 345 g/mol. The number of halogens is 2. The average Bonchev–Trinajstić information content (AvgIpc) is 2.41. The molecule has 0 saturated heterocycles. The van der Waals surface area contributed by atoms with Gasteiger partial charge in [0, 0.05) is 29.8 Å². The second kappa shape index (κ2) is 6.19. The van der Waals surface area contributed by atoms with E-state index >= 15 is 0 Å². The van der Waals surface area contributed by atoms with Gasteiger partial charge in [-0.15, -0.1) is 0 Å². The topological polar surface area (TPSA) is 76.3 Å². The highest BCUT2D eigenvalue weighted by Gasteiger charge is 2.11. The van der Waals surface area contributed by atoms with Crippen LogP contribution in [0.1, 0.15) is 5.56 Å². The summed E-state index contributed by atoms with van der Waals surface area (Å²) in [6.07, 6.45) is 1.23. The summed E-state index contributed by atoms with van der Waals surface area (Å²) in [4.78, 5) is 5.90. The molecule has 2 N–H and O–H groups in total. The predicted octanol–water partition coefficient (Wildman–Crippen LogP) is 2.67. The van der Waals surface area contributed by atoms with Crippen LogP contribution in [0.15, 0.2) is 41.4 Å². The quantitative estimate of drug-likeness (QED) is 0.923. The number of sulfonamides is 1. The van der Waals surface area contributed by atoms with Gasteiger partial charge in [0.25, 0.3) is 0 Å². The van der Waals surface area contributed by atoms with Gasteiger partial charge < -0.3 is 4.90 Å². The summed E-state index contributed by atoms with van der Waals surface area (Å²) in [5, 5.41) is 6.17. The molecule has 0 saturated carbocycles. The van der Waals surface area contributed by atoms with E-state index in [-0.39, 0.29) is 4.90 Å². The normalized spacial score (nSPS) is 11.4. The number of rotatable bonds is 4. The lowest BCUT2D eigenvalue weighted by atomic mass is 10.2. The molecule has 1 aromatic heterocycles. The van der Waals surface area contributed by atoms with E-state index in [0.717, 1.165) is 5.56 Å². The molecule has 0 aliphatic carbocycles. The summed E-state index contributed by atoms with van der Waals surface area (Å²) in [6.45, 7) is 0.512. The Morgan fingerprint density at radius 1 is 1.24 bits per heavy atom. The number of primary sulfonamides is 1. The Bertz CT molecular complexity index is 749. The van der Waals surface area contributed by atoms with Gasteiger partial charge in [-0.3, -0.25) is 0 Å². The Balaban J connectivity index is 2.18. The molecular weight excluding hydrogens is 333 g/mol. The number of benzene rings is 1. The van der Waals surface area contributed by atoms with Crippen molar-refractivity contribution >= 4 is 39.0 Å². The Kier molecular flexibility index (Phi) is 4.73. The first-order chi connectivity index (χ1) is 9.77. The first-order valence-corrected chi connectivity index (χ1v) is 8.21. The summed E-state index contributed by atoms with van der Waals surface area (Å²) in [5.41, 5.74) is 0.890. The van der Waals surface area contributed by atoms with Crippen molar-refractivity contribution in [3.05, 3.63) is 52.1 Å². The van der Waals surface area contributed by atoms with Gasteiger partial charge in [-0.1, -0.05) is 29.3 Å². The van der Waals surface area contributed by atoms with Gasteiger partial charge in [0.2, 0.25) is 10.0 Å². The van der Waals surface area contributed by atoms with Crippen molar-refractivity contribution in [3.63, 3.8) is 0 Å². The molecule has 0 amide bonds. The minimum absolute atomic E-state index is 0.0239. The Labute approximate surface area is 133 Å². The fourth-order valence-electron chi connectivity index (χ4n) is 1.75. The van der Waals surface area contributed by atoms with Gasteiger partial charge in [0.15, 0.2) is 0 Å². The lowest BCUT2D eigenvalue weighted by Gasteiger charge is -2.19. The van der Waals surface area contributed by atoms with Crippen LogP contribution in [-0.4, -0.2) is 20.4 Å². The lowest BCUT2D eigenvalue weighted by molar-refractivity contribution is 0.597. The van der Waals surface area contributed by atoms with Crippen LogP contribution in [0.5, 0.6) is 0 Å². The summed E-state index contributed by atoms with van der Waals surface area (Å²) in [5.74, 6) is 0.605. The van der Waals surface area contributed by atoms with Crippen molar-refractivity contribution < 1.29 is 8.42 Å². The van der Waals surface area contributed by atoms with Crippen LogP contribution in [0.2, 0.25) is 10.0 Å². The van der Waals surface area contributed by atoms with E-state index in [1.807, 2.05) is 18.0 Å². The highest BCUT2D eigenvalue weighted by molar-refractivity contribution is 7.89. The van der Waals surface area contributed by atoms with E-state index in [9.17, 15) is 8.42 Å².